The minimum atomic E-state index is -0.152. The van der Waals surface area contributed by atoms with Crippen molar-refractivity contribution in [3.63, 3.8) is 0 Å². The lowest BCUT2D eigenvalue weighted by atomic mass is 10.2. The molecular formula is C11H12N4O. The van der Waals surface area contributed by atoms with E-state index in [-0.39, 0.29) is 5.91 Å². The minimum absolute atomic E-state index is 0.152. The Hall–Kier alpha value is -2.14. The highest BCUT2D eigenvalue weighted by atomic mass is 16.2. The van der Waals surface area contributed by atoms with Crippen molar-refractivity contribution < 1.29 is 4.79 Å². The van der Waals surface area contributed by atoms with Crippen molar-refractivity contribution in [3.05, 3.63) is 54.6 Å². The van der Waals surface area contributed by atoms with Crippen LogP contribution >= 0.6 is 0 Å². The Kier molecular flexibility index (Phi) is 3.30. The van der Waals surface area contributed by atoms with Crippen LogP contribution in [0.2, 0.25) is 0 Å². The molecule has 0 spiro atoms. The van der Waals surface area contributed by atoms with Crippen LogP contribution in [0.5, 0.6) is 0 Å². The Balaban J connectivity index is 1.81. The Morgan fingerprint density at radius 2 is 2.12 bits per heavy atom. The molecule has 82 valence electrons. The number of benzene rings is 1. The molecule has 0 saturated heterocycles. The van der Waals surface area contributed by atoms with E-state index in [1.54, 1.807) is 24.7 Å². The van der Waals surface area contributed by atoms with Gasteiger partial charge in [-0.3, -0.25) is 10.2 Å². The van der Waals surface area contributed by atoms with Gasteiger partial charge in [0.05, 0.1) is 13.0 Å². The summed E-state index contributed by atoms with van der Waals surface area (Å²) < 4.78 is 1.81. The van der Waals surface area contributed by atoms with Crippen LogP contribution < -0.4 is 10.9 Å². The predicted octanol–water partition coefficient (Wildman–Crippen LogP) is 0.775. The monoisotopic (exact) mass is 216 g/mol. The van der Waals surface area contributed by atoms with E-state index in [0.29, 0.717) is 12.2 Å². The fourth-order valence-corrected chi connectivity index (χ4v) is 1.25. The lowest BCUT2D eigenvalue weighted by Gasteiger charge is -2.07. The van der Waals surface area contributed by atoms with Gasteiger partial charge in [-0.05, 0) is 12.1 Å². The second-order valence-corrected chi connectivity index (χ2v) is 3.23. The van der Waals surface area contributed by atoms with Gasteiger partial charge in [0.15, 0.2) is 0 Å². The molecule has 0 bridgehead atoms. The van der Waals surface area contributed by atoms with Gasteiger partial charge in [-0.15, -0.1) is 0 Å². The molecule has 2 rings (SSSR count). The maximum atomic E-state index is 11.6. The third-order valence-corrected chi connectivity index (χ3v) is 2.06. The van der Waals surface area contributed by atoms with Crippen LogP contribution in [0.15, 0.2) is 49.1 Å². The molecule has 0 fully saturated rings. The lowest BCUT2D eigenvalue weighted by molar-refractivity contribution is 0.0928. The molecule has 2 aromatic rings. The second-order valence-electron chi connectivity index (χ2n) is 3.23. The topological polar surface area (TPSA) is 59.0 Å². The average molecular weight is 216 g/mol. The molecule has 0 aliphatic heterocycles. The van der Waals surface area contributed by atoms with Crippen LogP contribution in [0.25, 0.3) is 0 Å². The van der Waals surface area contributed by atoms with Crippen molar-refractivity contribution in [2.45, 2.75) is 6.67 Å². The molecule has 0 unspecified atom stereocenters. The van der Waals surface area contributed by atoms with Crippen LogP contribution in [-0.2, 0) is 6.67 Å². The van der Waals surface area contributed by atoms with Gasteiger partial charge in [-0.1, -0.05) is 18.2 Å². The zero-order valence-corrected chi connectivity index (χ0v) is 8.63. The normalized spacial score (nSPS) is 10.0. The number of nitrogens with zero attached hydrogens (tertiary/aromatic N) is 2. The number of imidazole rings is 1. The van der Waals surface area contributed by atoms with Crippen LogP contribution in [-0.4, -0.2) is 15.5 Å². The number of hydrogen-bond donors (Lipinski definition) is 2. The lowest BCUT2D eigenvalue weighted by Crippen LogP contribution is -2.38. The summed E-state index contributed by atoms with van der Waals surface area (Å²) in [4.78, 5) is 15.5. The van der Waals surface area contributed by atoms with Crippen LogP contribution in [0, 0.1) is 0 Å². The Morgan fingerprint density at radius 3 is 2.81 bits per heavy atom. The molecule has 1 aromatic carbocycles. The van der Waals surface area contributed by atoms with E-state index in [2.05, 4.69) is 15.8 Å². The number of hydrogen-bond acceptors (Lipinski definition) is 3. The highest BCUT2D eigenvalue weighted by Crippen LogP contribution is 1.96. The predicted molar refractivity (Wildman–Crippen MR) is 59.3 cm³/mol. The highest BCUT2D eigenvalue weighted by Gasteiger charge is 2.02. The SMILES string of the molecule is O=C(NNCn1ccnc1)c1ccccc1. The van der Waals surface area contributed by atoms with E-state index < -0.39 is 0 Å². The van der Waals surface area contributed by atoms with Crippen molar-refractivity contribution in [1.82, 2.24) is 20.4 Å². The van der Waals surface area contributed by atoms with E-state index >= 15 is 0 Å². The van der Waals surface area contributed by atoms with Crippen molar-refractivity contribution in [1.29, 1.82) is 0 Å². The van der Waals surface area contributed by atoms with Gasteiger partial charge in [0.2, 0.25) is 0 Å². The Morgan fingerprint density at radius 1 is 1.31 bits per heavy atom. The van der Waals surface area contributed by atoms with E-state index in [1.807, 2.05) is 29.0 Å². The summed E-state index contributed by atoms with van der Waals surface area (Å²) >= 11 is 0. The maximum absolute atomic E-state index is 11.6. The average Bonchev–Trinajstić information content (AvgIpc) is 2.83. The molecule has 2 N–H and O–H groups in total. The molecule has 5 heteroatoms. The number of aromatic nitrogens is 2. The van der Waals surface area contributed by atoms with Gasteiger partial charge in [0.25, 0.3) is 5.91 Å². The summed E-state index contributed by atoms with van der Waals surface area (Å²) in [7, 11) is 0. The van der Waals surface area contributed by atoms with Crippen LogP contribution in [0.1, 0.15) is 10.4 Å². The molecule has 5 nitrogen and oxygen atoms in total. The first-order valence-corrected chi connectivity index (χ1v) is 4.90. The van der Waals surface area contributed by atoms with Crippen molar-refractivity contribution in [2.24, 2.45) is 0 Å². The summed E-state index contributed by atoms with van der Waals surface area (Å²) in [5, 5.41) is 0. The number of carbonyl (C=O) groups is 1. The molecule has 0 aliphatic carbocycles. The van der Waals surface area contributed by atoms with E-state index in [4.69, 9.17) is 0 Å². The standard InChI is InChI=1S/C11H12N4O/c16-11(10-4-2-1-3-5-10)14-13-9-15-7-6-12-8-15/h1-8,13H,9H2,(H,14,16). The van der Waals surface area contributed by atoms with E-state index in [9.17, 15) is 4.79 Å². The third kappa shape index (κ3) is 2.68. The first-order chi connectivity index (χ1) is 7.86. The second kappa shape index (κ2) is 5.09. The summed E-state index contributed by atoms with van der Waals surface area (Å²) in [6.07, 6.45) is 5.16. The van der Waals surface area contributed by atoms with Crippen LogP contribution in [0.3, 0.4) is 0 Å². The zero-order valence-electron chi connectivity index (χ0n) is 8.63. The molecule has 1 aromatic heterocycles. The summed E-state index contributed by atoms with van der Waals surface area (Å²) in [5.41, 5.74) is 6.03. The quantitative estimate of drug-likeness (QED) is 0.742. The zero-order chi connectivity index (χ0) is 11.2. The largest absolute Gasteiger partial charge is 0.323 e. The van der Waals surface area contributed by atoms with Crippen molar-refractivity contribution >= 4 is 5.91 Å². The van der Waals surface area contributed by atoms with Gasteiger partial charge in [-0.25, -0.2) is 10.4 Å². The summed E-state index contributed by atoms with van der Waals surface area (Å²) in [6, 6.07) is 9.04. The van der Waals surface area contributed by atoms with Gasteiger partial charge >= 0.3 is 0 Å². The van der Waals surface area contributed by atoms with Crippen LogP contribution in [0.4, 0.5) is 0 Å². The van der Waals surface area contributed by atoms with Gasteiger partial charge in [-0.2, -0.15) is 0 Å². The number of hydrazine groups is 1. The summed E-state index contributed by atoms with van der Waals surface area (Å²) in [6.45, 7) is 0.485. The fraction of sp³-hybridized carbons (Fsp3) is 0.0909. The molecule has 0 atom stereocenters. The van der Waals surface area contributed by atoms with Gasteiger partial charge < -0.3 is 4.57 Å². The smallest absolute Gasteiger partial charge is 0.265 e. The molecular weight excluding hydrogens is 204 g/mol. The number of rotatable bonds is 4. The third-order valence-electron chi connectivity index (χ3n) is 2.06. The summed E-state index contributed by atoms with van der Waals surface area (Å²) in [5.74, 6) is -0.152. The molecule has 16 heavy (non-hydrogen) atoms. The maximum Gasteiger partial charge on any atom is 0.265 e. The van der Waals surface area contributed by atoms with Gasteiger partial charge in [0.1, 0.15) is 0 Å². The van der Waals surface area contributed by atoms with Crippen molar-refractivity contribution in [3.8, 4) is 0 Å². The Labute approximate surface area is 93.1 Å². The fourth-order valence-electron chi connectivity index (χ4n) is 1.25. The van der Waals surface area contributed by atoms with Gasteiger partial charge in [0, 0.05) is 18.0 Å². The molecule has 1 heterocycles. The van der Waals surface area contributed by atoms with E-state index in [0.717, 1.165) is 0 Å². The number of amides is 1. The Bertz CT molecular complexity index is 438. The molecule has 1 amide bonds. The number of carbonyl (C=O) groups excluding carboxylic acids is 1. The van der Waals surface area contributed by atoms with E-state index in [1.165, 1.54) is 0 Å². The highest BCUT2D eigenvalue weighted by molar-refractivity contribution is 5.93. The minimum Gasteiger partial charge on any atom is -0.323 e. The molecule has 0 saturated carbocycles. The first-order valence-electron chi connectivity index (χ1n) is 4.90. The number of nitrogens with one attached hydrogen (secondary N) is 2. The molecule has 0 radical (unpaired) electrons. The molecule has 0 aliphatic rings. The van der Waals surface area contributed by atoms with Crippen molar-refractivity contribution in [2.75, 3.05) is 0 Å². The first kappa shape index (κ1) is 10.4.